The van der Waals surface area contributed by atoms with Gasteiger partial charge in [0.1, 0.15) is 18.1 Å². The monoisotopic (exact) mass is 345 g/mol. The van der Waals surface area contributed by atoms with Crippen molar-refractivity contribution in [1.29, 1.82) is 5.26 Å². The predicted molar refractivity (Wildman–Crippen MR) is 80.8 cm³/mol. The summed E-state index contributed by atoms with van der Waals surface area (Å²) in [5, 5.41) is 8.76. The third-order valence-electron chi connectivity index (χ3n) is 2.69. The molecule has 0 saturated carbocycles. The fourth-order valence-corrected chi connectivity index (χ4v) is 2.11. The molecule has 0 aliphatic rings. The molecule has 106 valence electrons. The fourth-order valence-electron chi connectivity index (χ4n) is 1.65. The quantitative estimate of drug-likeness (QED) is 0.780. The topological polar surface area (TPSA) is 59.3 Å². The normalized spacial score (nSPS) is 9.76. The molecule has 21 heavy (non-hydrogen) atoms. The molecule has 0 atom stereocenters. The molecule has 0 spiro atoms. The maximum Gasteiger partial charge on any atom is 0.302 e. The van der Waals surface area contributed by atoms with Gasteiger partial charge in [0.15, 0.2) is 0 Å². The van der Waals surface area contributed by atoms with Crippen molar-refractivity contribution in [2.45, 2.75) is 13.5 Å². The molecule has 0 aliphatic heterocycles. The first-order valence-corrected chi connectivity index (χ1v) is 6.98. The minimum Gasteiger partial charge on any atom is -0.461 e. The van der Waals surface area contributed by atoms with E-state index in [9.17, 15) is 4.79 Å². The van der Waals surface area contributed by atoms with Crippen molar-refractivity contribution in [2.24, 2.45) is 0 Å². The van der Waals surface area contributed by atoms with E-state index in [1.807, 2.05) is 12.1 Å². The van der Waals surface area contributed by atoms with Crippen molar-refractivity contribution in [3.8, 4) is 17.6 Å². The summed E-state index contributed by atoms with van der Waals surface area (Å²) in [5.74, 6) is 0.906. The zero-order valence-corrected chi connectivity index (χ0v) is 12.9. The molecule has 0 saturated heterocycles. The maximum atomic E-state index is 10.9. The van der Waals surface area contributed by atoms with Crippen LogP contribution in [0.4, 0.5) is 0 Å². The van der Waals surface area contributed by atoms with Gasteiger partial charge >= 0.3 is 5.97 Å². The largest absolute Gasteiger partial charge is 0.461 e. The van der Waals surface area contributed by atoms with Crippen LogP contribution in [0.1, 0.15) is 18.1 Å². The van der Waals surface area contributed by atoms with E-state index in [-0.39, 0.29) is 12.6 Å². The number of rotatable bonds is 4. The van der Waals surface area contributed by atoms with Crippen LogP contribution in [0.3, 0.4) is 0 Å². The van der Waals surface area contributed by atoms with E-state index in [2.05, 4.69) is 22.0 Å². The average Bonchev–Trinajstić information content (AvgIpc) is 2.49. The van der Waals surface area contributed by atoms with E-state index < -0.39 is 0 Å². The highest BCUT2D eigenvalue weighted by molar-refractivity contribution is 9.10. The van der Waals surface area contributed by atoms with E-state index >= 15 is 0 Å². The van der Waals surface area contributed by atoms with Crippen LogP contribution in [0.2, 0.25) is 0 Å². The van der Waals surface area contributed by atoms with E-state index in [0.29, 0.717) is 17.1 Å². The Morgan fingerprint density at radius 3 is 2.57 bits per heavy atom. The zero-order chi connectivity index (χ0) is 15.2. The van der Waals surface area contributed by atoms with E-state index in [0.717, 1.165) is 10.0 Å². The maximum absolute atomic E-state index is 10.9. The Morgan fingerprint density at radius 2 is 1.95 bits per heavy atom. The summed E-state index contributed by atoms with van der Waals surface area (Å²) in [6, 6.07) is 14.4. The van der Waals surface area contributed by atoms with Gasteiger partial charge in [0.05, 0.1) is 16.1 Å². The van der Waals surface area contributed by atoms with E-state index in [4.69, 9.17) is 14.7 Å². The minimum absolute atomic E-state index is 0.181. The molecule has 0 N–H and O–H groups in total. The molecule has 0 aliphatic carbocycles. The second-order valence-electron chi connectivity index (χ2n) is 4.25. The number of halogens is 1. The van der Waals surface area contributed by atoms with Gasteiger partial charge in [0, 0.05) is 12.5 Å². The van der Waals surface area contributed by atoms with Crippen LogP contribution in [-0.4, -0.2) is 5.97 Å². The molecule has 4 nitrogen and oxygen atoms in total. The molecule has 5 heteroatoms. The highest BCUT2D eigenvalue weighted by atomic mass is 79.9. The van der Waals surface area contributed by atoms with Gasteiger partial charge < -0.3 is 9.47 Å². The molecule has 2 aromatic carbocycles. The van der Waals surface area contributed by atoms with Crippen LogP contribution in [0.5, 0.6) is 11.5 Å². The molecular weight excluding hydrogens is 334 g/mol. The number of carbonyl (C=O) groups excluding carboxylic acids is 1. The molecule has 0 radical (unpaired) electrons. The van der Waals surface area contributed by atoms with E-state index in [1.165, 1.54) is 6.92 Å². The van der Waals surface area contributed by atoms with Crippen molar-refractivity contribution < 1.29 is 14.3 Å². The van der Waals surface area contributed by atoms with Crippen LogP contribution < -0.4 is 4.74 Å². The summed E-state index contributed by atoms with van der Waals surface area (Å²) in [6.45, 7) is 1.55. The third kappa shape index (κ3) is 4.07. The smallest absolute Gasteiger partial charge is 0.302 e. The number of carbonyl (C=O) groups is 1. The van der Waals surface area contributed by atoms with Crippen molar-refractivity contribution in [3.05, 3.63) is 58.1 Å². The van der Waals surface area contributed by atoms with Crippen LogP contribution in [0, 0.1) is 11.3 Å². The third-order valence-corrected chi connectivity index (χ3v) is 3.59. The Morgan fingerprint density at radius 1 is 1.24 bits per heavy atom. The van der Waals surface area contributed by atoms with Crippen LogP contribution in [-0.2, 0) is 16.1 Å². The van der Waals surface area contributed by atoms with Crippen molar-refractivity contribution in [1.82, 2.24) is 0 Å². The summed E-state index contributed by atoms with van der Waals surface area (Å²) in [5.41, 5.74) is 1.39. The fraction of sp³-hybridized carbons (Fsp3) is 0.125. The number of hydrogen-bond donors (Lipinski definition) is 0. The first-order valence-electron chi connectivity index (χ1n) is 6.19. The van der Waals surface area contributed by atoms with Crippen molar-refractivity contribution in [3.63, 3.8) is 0 Å². The number of hydrogen-bond acceptors (Lipinski definition) is 4. The molecule has 0 heterocycles. The SMILES string of the molecule is CC(=O)OCc1cccc(Oc2ccc(C#N)cc2)c1Br. The number of benzene rings is 2. The lowest BCUT2D eigenvalue weighted by molar-refractivity contribution is -0.142. The van der Waals surface area contributed by atoms with E-state index in [1.54, 1.807) is 30.3 Å². The first-order chi connectivity index (χ1) is 10.1. The number of nitriles is 1. The molecule has 0 unspecified atom stereocenters. The molecule has 2 rings (SSSR count). The lowest BCUT2D eigenvalue weighted by atomic mass is 10.2. The summed E-state index contributed by atoms with van der Waals surface area (Å²) < 4.78 is 11.5. The highest BCUT2D eigenvalue weighted by Gasteiger charge is 2.09. The highest BCUT2D eigenvalue weighted by Crippen LogP contribution is 2.32. The summed E-state index contributed by atoms with van der Waals surface area (Å²) in [6.07, 6.45) is 0. The van der Waals surface area contributed by atoms with Crippen LogP contribution in [0.15, 0.2) is 46.9 Å². The average molecular weight is 346 g/mol. The van der Waals surface area contributed by atoms with Crippen LogP contribution in [0.25, 0.3) is 0 Å². The summed E-state index contributed by atoms with van der Waals surface area (Å²) in [4.78, 5) is 10.9. The second kappa shape index (κ2) is 6.91. The number of esters is 1. The summed E-state index contributed by atoms with van der Waals surface area (Å²) >= 11 is 3.45. The van der Waals surface area contributed by atoms with Gasteiger partial charge in [-0.05, 0) is 46.3 Å². The summed E-state index contributed by atoms with van der Waals surface area (Å²) in [7, 11) is 0. The standard InChI is InChI=1S/C16H12BrNO3/c1-11(19)20-10-13-3-2-4-15(16(13)17)21-14-7-5-12(9-18)6-8-14/h2-8H,10H2,1H3. The van der Waals surface area contributed by atoms with Crippen LogP contribution >= 0.6 is 15.9 Å². The van der Waals surface area contributed by atoms with Crippen molar-refractivity contribution >= 4 is 21.9 Å². The minimum atomic E-state index is -0.333. The van der Waals surface area contributed by atoms with Gasteiger partial charge in [-0.25, -0.2) is 0 Å². The van der Waals surface area contributed by atoms with Gasteiger partial charge in [-0.3, -0.25) is 4.79 Å². The van der Waals surface area contributed by atoms with Gasteiger partial charge in [-0.2, -0.15) is 5.26 Å². The number of nitrogens with zero attached hydrogens (tertiary/aromatic N) is 1. The molecular formula is C16H12BrNO3. The lowest BCUT2D eigenvalue weighted by Gasteiger charge is -2.11. The molecule has 0 aromatic heterocycles. The van der Waals surface area contributed by atoms with Gasteiger partial charge in [0.2, 0.25) is 0 Å². The Hall–Kier alpha value is -2.32. The first kappa shape index (κ1) is 15.1. The molecule has 2 aromatic rings. The molecule has 0 amide bonds. The van der Waals surface area contributed by atoms with Gasteiger partial charge in [-0.15, -0.1) is 0 Å². The second-order valence-corrected chi connectivity index (χ2v) is 5.04. The Balaban J connectivity index is 2.17. The Bertz CT molecular complexity index is 690. The Kier molecular flexibility index (Phi) is 4.96. The van der Waals surface area contributed by atoms with Gasteiger partial charge in [-0.1, -0.05) is 12.1 Å². The molecule has 0 fully saturated rings. The molecule has 0 bridgehead atoms. The number of ether oxygens (including phenoxy) is 2. The van der Waals surface area contributed by atoms with Crippen molar-refractivity contribution in [2.75, 3.05) is 0 Å². The lowest BCUT2D eigenvalue weighted by Crippen LogP contribution is -2.00. The Labute approximate surface area is 131 Å². The predicted octanol–water partition coefficient (Wildman–Crippen LogP) is 4.18. The zero-order valence-electron chi connectivity index (χ0n) is 11.3. The van der Waals surface area contributed by atoms with Gasteiger partial charge in [0.25, 0.3) is 0 Å².